The van der Waals surface area contributed by atoms with Gasteiger partial charge in [0.25, 0.3) is 0 Å². The number of nitrogens with two attached hydrogens (primary N) is 1. The molecule has 0 spiro atoms. The molecule has 1 aliphatic rings. The van der Waals surface area contributed by atoms with Crippen molar-refractivity contribution in [3.8, 4) is 0 Å². The molecule has 6 heteroatoms. The fraction of sp³-hybridized carbons (Fsp3) is 0.474. The Labute approximate surface area is 149 Å². The Balaban J connectivity index is 1.56. The smallest absolute Gasteiger partial charge is 0.225 e. The number of piperidine rings is 1. The standard InChI is InChI=1S/C19H27N5O/c1-2-23-13-10-16(11-14-23)24-18(9-12-21-24)22-19(25)8-7-15-5-3-4-6-17(15)20/h3-6,9,12,16H,2,7-8,10-11,13-14,20H2,1H3,(H,22,25). The summed E-state index contributed by atoms with van der Waals surface area (Å²) in [6.07, 6.45) is 4.95. The Morgan fingerprint density at radius 2 is 2.04 bits per heavy atom. The number of aromatic nitrogens is 2. The predicted molar refractivity (Wildman–Crippen MR) is 100 cm³/mol. The number of anilines is 2. The van der Waals surface area contributed by atoms with E-state index in [1.54, 1.807) is 6.20 Å². The van der Waals surface area contributed by atoms with E-state index in [1.165, 1.54) is 0 Å². The van der Waals surface area contributed by atoms with Crippen LogP contribution in [-0.2, 0) is 11.2 Å². The van der Waals surface area contributed by atoms with Crippen LogP contribution < -0.4 is 11.1 Å². The van der Waals surface area contributed by atoms with Gasteiger partial charge in [-0.3, -0.25) is 4.79 Å². The minimum absolute atomic E-state index is 0.00371. The molecule has 1 fully saturated rings. The summed E-state index contributed by atoms with van der Waals surface area (Å²) in [6, 6.07) is 9.92. The molecule has 6 nitrogen and oxygen atoms in total. The number of likely N-dealkylation sites (tertiary alicyclic amines) is 1. The number of hydrogen-bond acceptors (Lipinski definition) is 4. The molecule has 0 atom stereocenters. The summed E-state index contributed by atoms with van der Waals surface area (Å²) >= 11 is 0. The highest BCUT2D eigenvalue weighted by Gasteiger charge is 2.22. The average molecular weight is 341 g/mol. The zero-order valence-corrected chi connectivity index (χ0v) is 14.8. The quantitative estimate of drug-likeness (QED) is 0.792. The van der Waals surface area contributed by atoms with Crippen LogP contribution in [0.3, 0.4) is 0 Å². The number of hydrogen-bond donors (Lipinski definition) is 2. The van der Waals surface area contributed by atoms with Crippen LogP contribution in [0.1, 0.15) is 37.8 Å². The highest BCUT2D eigenvalue weighted by molar-refractivity contribution is 5.90. The molecule has 134 valence electrons. The molecule has 1 aliphatic heterocycles. The maximum atomic E-state index is 12.3. The lowest BCUT2D eigenvalue weighted by Crippen LogP contribution is -2.35. The van der Waals surface area contributed by atoms with E-state index in [-0.39, 0.29) is 5.91 Å². The molecular formula is C19H27N5O. The summed E-state index contributed by atoms with van der Waals surface area (Å²) in [5.41, 5.74) is 7.69. The topological polar surface area (TPSA) is 76.2 Å². The fourth-order valence-corrected chi connectivity index (χ4v) is 3.40. The van der Waals surface area contributed by atoms with Crippen molar-refractivity contribution in [1.82, 2.24) is 14.7 Å². The Bertz CT molecular complexity index is 703. The average Bonchev–Trinajstić information content (AvgIpc) is 3.09. The van der Waals surface area contributed by atoms with Gasteiger partial charge in [-0.25, -0.2) is 4.68 Å². The first-order valence-electron chi connectivity index (χ1n) is 9.06. The molecule has 0 saturated carbocycles. The lowest BCUT2D eigenvalue weighted by molar-refractivity contribution is -0.116. The van der Waals surface area contributed by atoms with E-state index in [9.17, 15) is 4.79 Å². The number of carbonyl (C=O) groups is 1. The maximum absolute atomic E-state index is 12.3. The van der Waals surface area contributed by atoms with E-state index in [2.05, 4.69) is 22.2 Å². The van der Waals surface area contributed by atoms with Crippen molar-refractivity contribution < 1.29 is 4.79 Å². The lowest BCUT2D eigenvalue weighted by atomic mass is 10.1. The second-order valence-corrected chi connectivity index (χ2v) is 6.57. The first kappa shape index (κ1) is 17.5. The largest absolute Gasteiger partial charge is 0.399 e. The van der Waals surface area contributed by atoms with E-state index in [0.717, 1.165) is 49.5 Å². The third-order valence-corrected chi connectivity index (χ3v) is 4.96. The Hall–Kier alpha value is -2.34. The van der Waals surface area contributed by atoms with Crippen molar-refractivity contribution in [2.24, 2.45) is 0 Å². The number of nitrogens with one attached hydrogen (secondary N) is 1. The molecule has 2 heterocycles. The number of nitrogen functional groups attached to an aromatic ring is 1. The first-order valence-corrected chi connectivity index (χ1v) is 9.06. The predicted octanol–water partition coefficient (Wildman–Crippen LogP) is 2.69. The Morgan fingerprint density at radius 3 is 2.76 bits per heavy atom. The third-order valence-electron chi connectivity index (χ3n) is 4.96. The van der Waals surface area contributed by atoms with Crippen LogP contribution in [-0.4, -0.2) is 40.2 Å². The molecule has 25 heavy (non-hydrogen) atoms. The van der Waals surface area contributed by atoms with Gasteiger partial charge in [0.1, 0.15) is 5.82 Å². The molecule has 0 bridgehead atoms. The fourth-order valence-electron chi connectivity index (χ4n) is 3.40. The highest BCUT2D eigenvalue weighted by Crippen LogP contribution is 2.25. The lowest BCUT2D eigenvalue weighted by Gasteiger charge is -2.31. The number of nitrogens with zero attached hydrogens (tertiary/aromatic N) is 3. The summed E-state index contributed by atoms with van der Waals surface area (Å²) in [4.78, 5) is 14.8. The van der Waals surface area contributed by atoms with Crippen molar-refractivity contribution in [1.29, 1.82) is 0 Å². The second-order valence-electron chi connectivity index (χ2n) is 6.57. The molecule has 3 rings (SSSR count). The zero-order valence-electron chi connectivity index (χ0n) is 14.8. The van der Waals surface area contributed by atoms with Crippen LogP contribution in [0.25, 0.3) is 0 Å². The summed E-state index contributed by atoms with van der Waals surface area (Å²) in [5.74, 6) is 0.789. The number of para-hydroxylation sites is 1. The van der Waals surface area contributed by atoms with E-state index >= 15 is 0 Å². The summed E-state index contributed by atoms with van der Waals surface area (Å²) in [7, 11) is 0. The van der Waals surface area contributed by atoms with Crippen LogP contribution in [0.4, 0.5) is 11.5 Å². The minimum atomic E-state index is -0.00371. The van der Waals surface area contributed by atoms with Gasteiger partial charge in [0.2, 0.25) is 5.91 Å². The van der Waals surface area contributed by atoms with Crippen LogP contribution >= 0.6 is 0 Å². The number of amides is 1. The minimum Gasteiger partial charge on any atom is -0.399 e. The van der Waals surface area contributed by atoms with E-state index in [1.807, 2.05) is 35.0 Å². The van der Waals surface area contributed by atoms with Crippen molar-refractivity contribution >= 4 is 17.4 Å². The van der Waals surface area contributed by atoms with Crippen molar-refractivity contribution in [3.05, 3.63) is 42.1 Å². The molecule has 1 amide bonds. The molecule has 0 radical (unpaired) electrons. The molecule has 1 aromatic heterocycles. The third kappa shape index (κ3) is 4.39. The Morgan fingerprint density at radius 1 is 1.28 bits per heavy atom. The zero-order chi connectivity index (χ0) is 17.6. The number of carbonyl (C=O) groups excluding carboxylic acids is 1. The van der Waals surface area contributed by atoms with E-state index < -0.39 is 0 Å². The second kappa shape index (κ2) is 8.16. The van der Waals surface area contributed by atoms with Gasteiger partial charge in [0, 0.05) is 31.3 Å². The SMILES string of the molecule is CCN1CCC(n2nccc2NC(=O)CCc2ccccc2N)CC1. The molecule has 1 saturated heterocycles. The summed E-state index contributed by atoms with van der Waals surface area (Å²) in [5, 5.41) is 7.45. The van der Waals surface area contributed by atoms with Gasteiger partial charge < -0.3 is 16.0 Å². The van der Waals surface area contributed by atoms with Crippen molar-refractivity contribution in [2.45, 2.75) is 38.6 Å². The summed E-state index contributed by atoms with van der Waals surface area (Å²) < 4.78 is 1.97. The van der Waals surface area contributed by atoms with E-state index in [0.29, 0.717) is 18.9 Å². The van der Waals surface area contributed by atoms with Gasteiger partial charge in [-0.15, -0.1) is 0 Å². The molecular weight excluding hydrogens is 314 g/mol. The van der Waals surface area contributed by atoms with Crippen LogP contribution in [0.15, 0.2) is 36.5 Å². The molecule has 0 aliphatic carbocycles. The van der Waals surface area contributed by atoms with Crippen LogP contribution in [0, 0.1) is 0 Å². The molecule has 1 aromatic carbocycles. The van der Waals surface area contributed by atoms with E-state index in [4.69, 9.17) is 5.73 Å². The molecule has 0 unspecified atom stereocenters. The van der Waals surface area contributed by atoms with Crippen LogP contribution in [0.2, 0.25) is 0 Å². The van der Waals surface area contributed by atoms with Gasteiger partial charge in [-0.05, 0) is 37.4 Å². The van der Waals surface area contributed by atoms with Crippen molar-refractivity contribution in [2.75, 3.05) is 30.7 Å². The van der Waals surface area contributed by atoms with Crippen molar-refractivity contribution in [3.63, 3.8) is 0 Å². The normalized spacial score (nSPS) is 16.0. The Kier molecular flexibility index (Phi) is 5.71. The monoisotopic (exact) mass is 341 g/mol. The van der Waals surface area contributed by atoms with Gasteiger partial charge in [-0.2, -0.15) is 5.10 Å². The number of benzene rings is 1. The van der Waals surface area contributed by atoms with Gasteiger partial charge in [-0.1, -0.05) is 25.1 Å². The summed E-state index contributed by atoms with van der Waals surface area (Å²) in [6.45, 7) is 5.46. The van der Waals surface area contributed by atoms with Crippen LogP contribution in [0.5, 0.6) is 0 Å². The highest BCUT2D eigenvalue weighted by atomic mass is 16.1. The molecule has 2 aromatic rings. The maximum Gasteiger partial charge on any atom is 0.225 e. The molecule has 3 N–H and O–H groups in total. The van der Waals surface area contributed by atoms with Gasteiger partial charge in [0.05, 0.1) is 12.2 Å². The number of aryl methyl sites for hydroxylation is 1. The number of rotatable bonds is 6. The first-order chi connectivity index (χ1) is 12.2. The van der Waals surface area contributed by atoms with Gasteiger partial charge >= 0.3 is 0 Å². The van der Waals surface area contributed by atoms with Gasteiger partial charge in [0.15, 0.2) is 0 Å².